The molecule has 1 aliphatic rings. The van der Waals surface area contributed by atoms with Crippen molar-refractivity contribution in [3.8, 4) is 5.88 Å². The molecule has 0 aliphatic carbocycles. The summed E-state index contributed by atoms with van der Waals surface area (Å²) in [5, 5.41) is 11.3. The van der Waals surface area contributed by atoms with E-state index in [1.165, 1.54) is 5.56 Å². The Hall–Kier alpha value is -2.96. The molecule has 0 saturated carbocycles. The molecule has 3 aromatic rings. The summed E-state index contributed by atoms with van der Waals surface area (Å²) in [7, 11) is 0. The predicted molar refractivity (Wildman–Crippen MR) is 106 cm³/mol. The molecule has 27 heavy (non-hydrogen) atoms. The third-order valence-corrected chi connectivity index (χ3v) is 4.74. The maximum atomic E-state index is 12.0. The lowest BCUT2D eigenvalue weighted by Crippen LogP contribution is -2.35. The van der Waals surface area contributed by atoms with E-state index in [1.807, 2.05) is 18.2 Å². The first kappa shape index (κ1) is 17.5. The average Bonchev–Trinajstić information content (AvgIpc) is 2.70. The lowest BCUT2D eigenvalue weighted by Gasteiger charge is -2.26. The number of aliphatic imine (C=N–C) groups is 1. The van der Waals surface area contributed by atoms with E-state index in [4.69, 9.17) is 4.74 Å². The van der Waals surface area contributed by atoms with Crippen LogP contribution in [0.4, 0.5) is 5.69 Å². The van der Waals surface area contributed by atoms with Crippen molar-refractivity contribution in [3.63, 3.8) is 0 Å². The number of aromatic hydroxyl groups is 1. The van der Waals surface area contributed by atoms with Gasteiger partial charge in [0, 0.05) is 36.6 Å². The van der Waals surface area contributed by atoms with Crippen LogP contribution in [0.25, 0.3) is 10.8 Å². The van der Waals surface area contributed by atoms with Gasteiger partial charge in [0.25, 0.3) is 5.56 Å². The van der Waals surface area contributed by atoms with E-state index in [1.54, 1.807) is 24.4 Å². The molecule has 1 saturated heterocycles. The summed E-state index contributed by atoms with van der Waals surface area (Å²) >= 11 is 0. The minimum absolute atomic E-state index is 0.175. The number of benzene rings is 2. The third kappa shape index (κ3) is 3.92. The largest absolute Gasteiger partial charge is 0.494 e. The highest BCUT2D eigenvalue weighted by Gasteiger charge is 2.11. The van der Waals surface area contributed by atoms with Crippen LogP contribution in [-0.4, -0.2) is 47.5 Å². The van der Waals surface area contributed by atoms with Crippen LogP contribution in [0, 0.1) is 0 Å². The molecule has 1 aliphatic heterocycles. The highest BCUT2D eigenvalue weighted by molar-refractivity contribution is 6.01. The fourth-order valence-corrected chi connectivity index (χ4v) is 3.26. The van der Waals surface area contributed by atoms with Crippen molar-refractivity contribution in [2.45, 2.75) is 6.54 Å². The number of fused-ring (bicyclic) bond motifs is 1. The van der Waals surface area contributed by atoms with Gasteiger partial charge in [0.05, 0.1) is 24.5 Å². The van der Waals surface area contributed by atoms with Crippen LogP contribution in [0.2, 0.25) is 0 Å². The van der Waals surface area contributed by atoms with Crippen LogP contribution >= 0.6 is 0 Å². The lowest BCUT2D eigenvalue weighted by atomic mass is 10.1. The summed E-state index contributed by atoms with van der Waals surface area (Å²) in [4.78, 5) is 21.3. The van der Waals surface area contributed by atoms with Crippen LogP contribution in [-0.2, 0) is 11.3 Å². The zero-order valence-electron chi connectivity index (χ0n) is 14.9. The second kappa shape index (κ2) is 7.73. The molecule has 1 fully saturated rings. The van der Waals surface area contributed by atoms with E-state index < -0.39 is 0 Å². The van der Waals surface area contributed by atoms with Crippen molar-refractivity contribution < 1.29 is 9.84 Å². The van der Waals surface area contributed by atoms with Gasteiger partial charge in [-0.3, -0.25) is 19.7 Å². The molecule has 0 atom stereocenters. The molecule has 2 N–H and O–H groups in total. The maximum absolute atomic E-state index is 12.0. The van der Waals surface area contributed by atoms with E-state index in [0.29, 0.717) is 16.3 Å². The first-order valence-electron chi connectivity index (χ1n) is 8.98. The quantitative estimate of drug-likeness (QED) is 0.699. The summed E-state index contributed by atoms with van der Waals surface area (Å²) < 4.78 is 5.37. The second-order valence-electron chi connectivity index (χ2n) is 6.58. The number of morpholine rings is 1. The number of rotatable bonds is 4. The standard InChI is InChI=1S/C21H21N3O3/c25-20-18-4-2-1-3-17(18)19(21(26)23-20)13-22-16-7-5-15(6-8-16)14-24-9-11-27-12-10-24/h1-8,13H,9-12,14H2,(H2,23,25,26). The Morgan fingerprint density at radius 1 is 1.07 bits per heavy atom. The Morgan fingerprint density at radius 3 is 2.52 bits per heavy atom. The normalized spacial score (nSPS) is 15.6. The number of aromatic amines is 1. The first-order chi connectivity index (χ1) is 13.2. The number of ether oxygens (including phenoxy) is 1. The van der Waals surface area contributed by atoms with Crippen LogP contribution in [0.1, 0.15) is 11.1 Å². The van der Waals surface area contributed by atoms with Gasteiger partial charge in [-0.15, -0.1) is 0 Å². The molecule has 0 unspecified atom stereocenters. The molecule has 0 bridgehead atoms. The van der Waals surface area contributed by atoms with Gasteiger partial charge in [-0.05, 0) is 23.8 Å². The van der Waals surface area contributed by atoms with E-state index in [0.717, 1.165) is 38.5 Å². The number of pyridine rings is 1. The molecule has 0 amide bonds. The summed E-state index contributed by atoms with van der Waals surface area (Å²) in [5.74, 6) is -0.175. The minimum Gasteiger partial charge on any atom is -0.494 e. The van der Waals surface area contributed by atoms with Gasteiger partial charge in [-0.2, -0.15) is 0 Å². The summed E-state index contributed by atoms with van der Waals surface area (Å²) in [6, 6.07) is 15.2. The fourth-order valence-electron chi connectivity index (χ4n) is 3.26. The number of aromatic nitrogens is 1. The van der Waals surface area contributed by atoms with E-state index in [9.17, 15) is 9.90 Å². The van der Waals surface area contributed by atoms with Crippen LogP contribution in [0.15, 0.2) is 58.3 Å². The zero-order chi connectivity index (χ0) is 18.6. The van der Waals surface area contributed by atoms with Crippen LogP contribution < -0.4 is 5.56 Å². The Labute approximate surface area is 156 Å². The number of hydrogen-bond donors (Lipinski definition) is 2. The number of nitrogens with one attached hydrogen (secondary N) is 1. The Morgan fingerprint density at radius 2 is 1.78 bits per heavy atom. The number of hydrogen-bond acceptors (Lipinski definition) is 5. The lowest BCUT2D eigenvalue weighted by molar-refractivity contribution is 0.0342. The number of H-pyrrole nitrogens is 1. The Balaban J connectivity index is 1.55. The van der Waals surface area contributed by atoms with Gasteiger partial charge >= 0.3 is 0 Å². The van der Waals surface area contributed by atoms with Crippen molar-refractivity contribution >= 4 is 22.7 Å². The van der Waals surface area contributed by atoms with Gasteiger partial charge in [0.2, 0.25) is 5.88 Å². The fraction of sp³-hybridized carbons (Fsp3) is 0.238. The molecule has 6 nitrogen and oxygen atoms in total. The van der Waals surface area contributed by atoms with Crippen molar-refractivity contribution in [2.24, 2.45) is 4.99 Å². The van der Waals surface area contributed by atoms with Gasteiger partial charge in [0.15, 0.2) is 0 Å². The van der Waals surface area contributed by atoms with E-state index >= 15 is 0 Å². The molecule has 0 spiro atoms. The highest BCUT2D eigenvalue weighted by Crippen LogP contribution is 2.22. The molecule has 2 aromatic carbocycles. The van der Waals surface area contributed by atoms with Crippen LogP contribution in [0.3, 0.4) is 0 Å². The van der Waals surface area contributed by atoms with E-state index in [-0.39, 0.29) is 11.4 Å². The molecule has 4 rings (SSSR count). The molecule has 2 heterocycles. The molecule has 0 radical (unpaired) electrons. The third-order valence-electron chi connectivity index (χ3n) is 4.74. The minimum atomic E-state index is -0.312. The topological polar surface area (TPSA) is 77.9 Å². The maximum Gasteiger partial charge on any atom is 0.258 e. The van der Waals surface area contributed by atoms with Gasteiger partial charge in [-0.1, -0.05) is 30.3 Å². The summed E-state index contributed by atoms with van der Waals surface area (Å²) in [6.07, 6.45) is 1.59. The zero-order valence-corrected chi connectivity index (χ0v) is 14.9. The van der Waals surface area contributed by atoms with Crippen molar-refractivity contribution in [2.75, 3.05) is 26.3 Å². The molecule has 1 aromatic heterocycles. The smallest absolute Gasteiger partial charge is 0.258 e. The number of nitrogens with zero attached hydrogens (tertiary/aromatic N) is 2. The highest BCUT2D eigenvalue weighted by atomic mass is 16.5. The van der Waals surface area contributed by atoms with Crippen molar-refractivity contribution in [1.82, 2.24) is 9.88 Å². The molecular formula is C21H21N3O3. The summed E-state index contributed by atoms with van der Waals surface area (Å²) in [6.45, 7) is 4.40. The molecule has 6 heteroatoms. The average molecular weight is 363 g/mol. The SMILES string of the molecule is O=c1[nH]c(O)c(C=Nc2ccc(CN3CCOCC3)cc2)c2ccccc12. The Kier molecular flexibility index (Phi) is 5.00. The van der Waals surface area contributed by atoms with Crippen molar-refractivity contribution in [1.29, 1.82) is 0 Å². The Bertz CT molecular complexity index is 1020. The van der Waals surface area contributed by atoms with Crippen LogP contribution in [0.5, 0.6) is 5.88 Å². The summed E-state index contributed by atoms with van der Waals surface area (Å²) in [5.41, 5.74) is 2.21. The van der Waals surface area contributed by atoms with Gasteiger partial charge in [-0.25, -0.2) is 0 Å². The molecular weight excluding hydrogens is 342 g/mol. The van der Waals surface area contributed by atoms with E-state index in [2.05, 4.69) is 27.0 Å². The monoisotopic (exact) mass is 363 g/mol. The second-order valence-corrected chi connectivity index (χ2v) is 6.58. The van der Waals surface area contributed by atoms with Gasteiger partial charge < -0.3 is 9.84 Å². The molecule has 138 valence electrons. The predicted octanol–water partition coefficient (Wildman–Crippen LogP) is 2.82. The van der Waals surface area contributed by atoms with Crippen molar-refractivity contribution in [3.05, 3.63) is 70.0 Å². The van der Waals surface area contributed by atoms with Gasteiger partial charge in [0.1, 0.15) is 0 Å². The first-order valence-corrected chi connectivity index (χ1v) is 8.98.